The Morgan fingerprint density at radius 3 is 2.50 bits per heavy atom. The summed E-state index contributed by atoms with van der Waals surface area (Å²) in [5.41, 5.74) is 0.794. The second kappa shape index (κ2) is 6.26. The Labute approximate surface area is 134 Å². The number of sulfonamides is 1. The second-order valence-corrected chi connectivity index (χ2v) is 7.94. The van der Waals surface area contributed by atoms with Gasteiger partial charge in [-0.15, -0.1) is 11.3 Å². The Balaban J connectivity index is 1.70. The number of hydrogen-bond acceptors (Lipinski definition) is 5. The Kier molecular flexibility index (Phi) is 4.35. The highest BCUT2D eigenvalue weighted by Gasteiger charge is 2.18. The highest BCUT2D eigenvalue weighted by atomic mass is 32.2. The van der Waals surface area contributed by atoms with Crippen molar-refractivity contribution < 1.29 is 13.2 Å². The summed E-state index contributed by atoms with van der Waals surface area (Å²) >= 11 is 1.27. The summed E-state index contributed by atoms with van der Waals surface area (Å²) in [6.45, 7) is 1.82. The van der Waals surface area contributed by atoms with Crippen LogP contribution >= 0.6 is 11.3 Å². The van der Waals surface area contributed by atoms with Gasteiger partial charge in [-0.3, -0.25) is 4.72 Å². The molecule has 22 heavy (non-hydrogen) atoms. The number of anilines is 1. The molecule has 0 radical (unpaired) electrons. The van der Waals surface area contributed by atoms with E-state index in [-0.39, 0.29) is 11.0 Å². The molecule has 2 aromatic rings. The topological polar surface area (TPSA) is 68.3 Å². The third-order valence-electron chi connectivity index (χ3n) is 3.58. The van der Waals surface area contributed by atoms with Crippen LogP contribution in [0.5, 0.6) is 5.75 Å². The van der Waals surface area contributed by atoms with Gasteiger partial charge in [0.1, 0.15) is 5.75 Å². The fraction of sp³-hybridized carbons (Fsp3) is 0.400. The van der Waals surface area contributed by atoms with Crippen molar-refractivity contribution in [2.75, 3.05) is 4.72 Å². The van der Waals surface area contributed by atoms with Gasteiger partial charge in [-0.05, 0) is 56.9 Å². The summed E-state index contributed by atoms with van der Waals surface area (Å²) in [5.74, 6) is 0.718. The number of thiazole rings is 1. The molecule has 5 nitrogen and oxygen atoms in total. The van der Waals surface area contributed by atoms with Crippen LogP contribution in [0.1, 0.15) is 31.4 Å². The van der Waals surface area contributed by atoms with Crippen LogP contribution in [0.3, 0.4) is 0 Å². The Morgan fingerprint density at radius 2 is 1.91 bits per heavy atom. The molecule has 0 amide bonds. The number of nitrogens with one attached hydrogen (secondary N) is 1. The van der Waals surface area contributed by atoms with Gasteiger partial charge in [-0.1, -0.05) is 0 Å². The number of aromatic nitrogens is 1. The largest absolute Gasteiger partial charge is 0.490 e. The number of rotatable bonds is 5. The van der Waals surface area contributed by atoms with E-state index in [1.807, 2.05) is 6.92 Å². The van der Waals surface area contributed by atoms with Crippen molar-refractivity contribution in [3.05, 3.63) is 35.3 Å². The van der Waals surface area contributed by atoms with Crippen LogP contribution in [0.15, 0.2) is 34.5 Å². The lowest BCUT2D eigenvalue weighted by Crippen LogP contribution is -2.13. The summed E-state index contributed by atoms with van der Waals surface area (Å²) in [6.07, 6.45) is 4.82. The molecular weight excluding hydrogens is 320 g/mol. The molecule has 118 valence electrons. The second-order valence-electron chi connectivity index (χ2n) is 5.40. The Morgan fingerprint density at radius 1 is 1.23 bits per heavy atom. The number of benzene rings is 1. The Hall–Kier alpha value is -1.60. The van der Waals surface area contributed by atoms with Crippen LogP contribution in [-0.2, 0) is 10.0 Å². The minimum absolute atomic E-state index is 0.208. The lowest BCUT2D eigenvalue weighted by molar-refractivity contribution is 0.210. The minimum atomic E-state index is -3.60. The van der Waals surface area contributed by atoms with Gasteiger partial charge < -0.3 is 4.74 Å². The number of aryl methyl sites for hydroxylation is 1. The predicted molar refractivity (Wildman–Crippen MR) is 87.0 cm³/mol. The molecule has 1 fully saturated rings. The zero-order valence-corrected chi connectivity index (χ0v) is 13.9. The molecular formula is C15H18N2O3S2. The SMILES string of the molecule is Cc1csc(NS(=O)(=O)c2ccc(OC3CCCC3)cc2)n1. The van der Waals surface area contributed by atoms with Crippen molar-refractivity contribution >= 4 is 26.5 Å². The maximum absolute atomic E-state index is 12.3. The van der Waals surface area contributed by atoms with E-state index in [0.29, 0.717) is 5.13 Å². The van der Waals surface area contributed by atoms with Crippen LogP contribution in [0.4, 0.5) is 5.13 Å². The van der Waals surface area contributed by atoms with E-state index in [9.17, 15) is 8.42 Å². The van der Waals surface area contributed by atoms with Gasteiger partial charge in [0.05, 0.1) is 16.7 Å². The summed E-state index contributed by atoms with van der Waals surface area (Å²) in [4.78, 5) is 4.32. The molecule has 0 aliphatic heterocycles. The fourth-order valence-electron chi connectivity index (χ4n) is 2.47. The molecule has 0 atom stereocenters. The van der Waals surface area contributed by atoms with Crippen molar-refractivity contribution in [3.63, 3.8) is 0 Å². The summed E-state index contributed by atoms with van der Waals surface area (Å²) < 4.78 is 32.9. The fourth-order valence-corrected chi connectivity index (χ4v) is 4.41. The van der Waals surface area contributed by atoms with E-state index in [4.69, 9.17) is 4.74 Å². The van der Waals surface area contributed by atoms with Gasteiger partial charge >= 0.3 is 0 Å². The molecule has 0 spiro atoms. The molecule has 1 aliphatic rings. The molecule has 0 unspecified atom stereocenters. The molecule has 1 N–H and O–H groups in total. The molecule has 1 aromatic carbocycles. The molecule has 1 aromatic heterocycles. The quantitative estimate of drug-likeness (QED) is 0.905. The van der Waals surface area contributed by atoms with Crippen molar-refractivity contribution in [1.29, 1.82) is 0 Å². The van der Waals surface area contributed by atoms with Crippen molar-refractivity contribution in [2.24, 2.45) is 0 Å². The van der Waals surface area contributed by atoms with Crippen LogP contribution in [-0.4, -0.2) is 19.5 Å². The van der Waals surface area contributed by atoms with Crippen LogP contribution < -0.4 is 9.46 Å². The number of ether oxygens (including phenoxy) is 1. The smallest absolute Gasteiger partial charge is 0.263 e. The third kappa shape index (κ3) is 3.59. The predicted octanol–water partition coefficient (Wildman–Crippen LogP) is 3.57. The Bertz CT molecular complexity index is 732. The van der Waals surface area contributed by atoms with Gasteiger partial charge in [0.25, 0.3) is 10.0 Å². The zero-order valence-electron chi connectivity index (χ0n) is 12.3. The van der Waals surface area contributed by atoms with Crippen molar-refractivity contribution in [2.45, 2.75) is 43.6 Å². The van der Waals surface area contributed by atoms with Crippen molar-refractivity contribution in [3.8, 4) is 5.75 Å². The van der Waals surface area contributed by atoms with E-state index < -0.39 is 10.0 Å². The van der Waals surface area contributed by atoms with Gasteiger partial charge in [0.2, 0.25) is 0 Å². The highest BCUT2D eigenvalue weighted by molar-refractivity contribution is 7.93. The van der Waals surface area contributed by atoms with Crippen LogP contribution in [0, 0.1) is 6.92 Å². The first kappa shape index (κ1) is 15.3. The number of hydrogen-bond donors (Lipinski definition) is 1. The summed E-state index contributed by atoms with van der Waals surface area (Å²) in [6, 6.07) is 6.54. The van der Waals surface area contributed by atoms with E-state index in [0.717, 1.165) is 24.3 Å². The molecule has 3 rings (SSSR count). The zero-order chi connectivity index (χ0) is 15.6. The van der Waals surface area contributed by atoms with Crippen molar-refractivity contribution in [1.82, 2.24) is 4.98 Å². The first-order valence-electron chi connectivity index (χ1n) is 7.24. The molecule has 0 saturated heterocycles. The molecule has 1 heterocycles. The summed E-state index contributed by atoms with van der Waals surface area (Å²) in [7, 11) is -3.60. The van der Waals surface area contributed by atoms with Gasteiger partial charge in [-0.2, -0.15) is 0 Å². The average molecular weight is 338 g/mol. The highest BCUT2D eigenvalue weighted by Crippen LogP contribution is 2.26. The van der Waals surface area contributed by atoms with Gasteiger partial charge in [-0.25, -0.2) is 13.4 Å². The molecule has 1 aliphatic carbocycles. The number of nitrogens with zero attached hydrogens (tertiary/aromatic N) is 1. The van der Waals surface area contributed by atoms with Crippen LogP contribution in [0.25, 0.3) is 0 Å². The van der Waals surface area contributed by atoms with E-state index in [2.05, 4.69) is 9.71 Å². The monoisotopic (exact) mass is 338 g/mol. The average Bonchev–Trinajstić information content (AvgIpc) is 3.11. The maximum atomic E-state index is 12.3. The van der Waals surface area contributed by atoms with Gasteiger partial charge in [0.15, 0.2) is 5.13 Å². The molecule has 0 bridgehead atoms. The molecule has 1 saturated carbocycles. The van der Waals surface area contributed by atoms with Crippen LogP contribution in [0.2, 0.25) is 0 Å². The minimum Gasteiger partial charge on any atom is -0.490 e. The van der Waals surface area contributed by atoms with Gasteiger partial charge in [0, 0.05) is 5.38 Å². The lowest BCUT2D eigenvalue weighted by Gasteiger charge is -2.13. The standard InChI is InChI=1S/C15H18N2O3S2/c1-11-10-21-15(16-11)17-22(18,19)14-8-6-13(7-9-14)20-12-4-2-3-5-12/h6-10,12H,2-5H2,1H3,(H,16,17). The normalized spacial score (nSPS) is 15.9. The molecule has 7 heteroatoms. The summed E-state index contributed by atoms with van der Waals surface area (Å²) in [5, 5.41) is 2.18. The third-order valence-corrected chi connectivity index (χ3v) is 5.94. The van der Waals surface area contributed by atoms with E-state index in [1.54, 1.807) is 29.6 Å². The van der Waals surface area contributed by atoms with E-state index >= 15 is 0 Å². The maximum Gasteiger partial charge on any atom is 0.263 e. The van der Waals surface area contributed by atoms with E-state index in [1.165, 1.54) is 24.2 Å². The first-order chi connectivity index (χ1) is 10.5. The first-order valence-corrected chi connectivity index (χ1v) is 9.61. The lowest BCUT2D eigenvalue weighted by atomic mass is 10.3.